The van der Waals surface area contributed by atoms with Crippen LogP contribution in [0.15, 0.2) is 59.5 Å². The zero-order valence-electron chi connectivity index (χ0n) is 12.6. The minimum Gasteiger partial charge on any atom is -0.126 e. The molecule has 0 heterocycles. The van der Waals surface area contributed by atoms with Gasteiger partial charge in [0.05, 0.1) is 0 Å². The van der Waals surface area contributed by atoms with E-state index in [9.17, 15) is 0 Å². The van der Waals surface area contributed by atoms with Gasteiger partial charge in [-0.3, -0.25) is 0 Å². The minimum absolute atomic E-state index is 1.00. The first-order chi connectivity index (χ1) is 10.4. The molecule has 21 heavy (non-hydrogen) atoms. The Labute approximate surface area is 133 Å². The molecule has 0 N–H and O–H groups in total. The smallest absolute Gasteiger partial charge is 0.00917 e. The fourth-order valence-electron chi connectivity index (χ4n) is 2.33. The Morgan fingerprint density at radius 3 is 2.24 bits per heavy atom. The summed E-state index contributed by atoms with van der Waals surface area (Å²) < 4.78 is 0. The largest absolute Gasteiger partial charge is 0.126 e. The van der Waals surface area contributed by atoms with Crippen molar-refractivity contribution in [2.75, 3.05) is 5.75 Å². The second-order valence-electron chi connectivity index (χ2n) is 4.96. The van der Waals surface area contributed by atoms with Gasteiger partial charge in [0.15, 0.2) is 0 Å². The maximum Gasteiger partial charge on any atom is 0.00917 e. The molecule has 2 aromatic carbocycles. The van der Waals surface area contributed by atoms with E-state index in [1.165, 1.54) is 16.0 Å². The molecule has 108 valence electrons. The van der Waals surface area contributed by atoms with E-state index in [0.29, 0.717) is 0 Å². The number of aryl methyl sites for hydroxylation is 2. The quantitative estimate of drug-likeness (QED) is 0.376. The van der Waals surface area contributed by atoms with Crippen molar-refractivity contribution in [3.05, 3.63) is 65.7 Å². The first kappa shape index (κ1) is 15.7. The summed E-state index contributed by atoms with van der Waals surface area (Å²) in [5, 5.41) is 0. The van der Waals surface area contributed by atoms with Crippen molar-refractivity contribution in [1.29, 1.82) is 0 Å². The van der Waals surface area contributed by atoms with Crippen LogP contribution in [0, 0.1) is 11.8 Å². The summed E-state index contributed by atoms with van der Waals surface area (Å²) in [5.74, 6) is 7.25. The fourth-order valence-corrected chi connectivity index (χ4v) is 3.24. The number of hydrogen-bond donors (Lipinski definition) is 0. The molecule has 2 aromatic rings. The molecular weight excluding hydrogens is 272 g/mol. The molecule has 0 atom stereocenters. The summed E-state index contributed by atoms with van der Waals surface area (Å²) in [4.78, 5) is 1.35. The van der Waals surface area contributed by atoms with Crippen LogP contribution in [-0.2, 0) is 12.8 Å². The predicted octanol–water partition coefficient (Wildman–Crippen LogP) is 5.37. The summed E-state index contributed by atoms with van der Waals surface area (Å²) in [7, 11) is 0. The highest BCUT2D eigenvalue weighted by Gasteiger charge is 2.02. The Morgan fingerprint density at radius 1 is 0.857 bits per heavy atom. The van der Waals surface area contributed by atoms with Crippen LogP contribution < -0.4 is 0 Å². The van der Waals surface area contributed by atoms with Crippen molar-refractivity contribution >= 4 is 11.8 Å². The molecule has 0 aromatic heterocycles. The van der Waals surface area contributed by atoms with Gasteiger partial charge in [0.25, 0.3) is 0 Å². The molecule has 0 saturated carbocycles. The van der Waals surface area contributed by atoms with Gasteiger partial charge in [-0.25, -0.2) is 0 Å². The van der Waals surface area contributed by atoms with Crippen LogP contribution in [0.3, 0.4) is 0 Å². The third kappa shape index (κ3) is 5.69. The zero-order chi connectivity index (χ0) is 14.8. The summed E-state index contributed by atoms with van der Waals surface area (Å²) in [6.45, 7) is 1.91. The van der Waals surface area contributed by atoms with E-state index in [1.807, 2.05) is 18.7 Å². The highest BCUT2D eigenvalue weighted by Crippen LogP contribution is 2.20. The molecule has 0 radical (unpaired) electrons. The average molecular weight is 294 g/mol. The van der Waals surface area contributed by atoms with Crippen molar-refractivity contribution in [3.63, 3.8) is 0 Å². The SMILES string of the molecule is CC#CCCCc1ccccc1CCSc1ccccc1. The summed E-state index contributed by atoms with van der Waals surface area (Å²) in [6, 6.07) is 19.5. The van der Waals surface area contributed by atoms with Gasteiger partial charge in [-0.05, 0) is 49.4 Å². The van der Waals surface area contributed by atoms with E-state index in [1.54, 1.807) is 0 Å². The molecule has 2 rings (SSSR count). The number of hydrogen-bond acceptors (Lipinski definition) is 1. The Bertz CT molecular complexity index is 590. The summed E-state index contributed by atoms with van der Waals surface area (Å²) in [5.41, 5.74) is 2.98. The number of benzene rings is 2. The number of rotatable bonds is 7. The van der Waals surface area contributed by atoms with Crippen molar-refractivity contribution in [1.82, 2.24) is 0 Å². The number of unbranched alkanes of at least 4 members (excludes halogenated alkanes) is 1. The minimum atomic E-state index is 1.00. The molecule has 0 aliphatic heterocycles. The van der Waals surface area contributed by atoms with E-state index >= 15 is 0 Å². The zero-order valence-corrected chi connectivity index (χ0v) is 13.5. The lowest BCUT2D eigenvalue weighted by molar-refractivity contribution is 0.845. The second-order valence-corrected chi connectivity index (χ2v) is 6.13. The third-order valence-corrected chi connectivity index (χ3v) is 4.44. The van der Waals surface area contributed by atoms with Crippen LogP contribution in [0.4, 0.5) is 0 Å². The summed E-state index contributed by atoms with van der Waals surface area (Å²) >= 11 is 1.93. The lowest BCUT2D eigenvalue weighted by atomic mass is 10.0. The van der Waals surface area contributed by atoms with E-state index in [4.69, 9.17) is 0 Å². The molecule has 0 bridgehead atoms. The molecule has 1 heteroatoms. The fraction of sp³-hybridized carbons (Fsp3) is 0.300. The molecule has 0 amide bonds. The van der Waals surface area contributed by atoms with Crippen LogP contribution in [0.1, 0.15) is 30.9 Å². The maximum absolute atomic E-state index is 3.15. The predicted molar refractivity (Wildman–Crippen MR) is 93.7 cm³/mol. The standard InChI is InChI=1S/C20H22S/c1-2-3-4-6-11-18-12-9-10-13-19(18)16-17-21-20-14-7-5-8-15-20/h5,7-10,12-15H,4,6,11,16-17H2,1H3. The van der Waals surface area contributed by atoms with Gasteiger partial charge in [0, 0.05) is 17.1 Å². The first-order valence-corrected chi connectivity index (χ1v) is 8.53. The van der Waals surface area contributed by atoms with E-state index in [2.05, 4.69) is 66.4 Å². The van der Waals surface area contributed by atoms with Crippen molar-refractivity contribution in [2.24, 2.45) is 0 Å². The van der Waals surface area contributed by atoms with Gasteiger partial charge in [-0.1, -0.05) is 42.5 Å². The third-order valence-electron chi connectivity index (χ3n) is 3.43. The Morgan fingerprint density at radius 2 is 1.52 bits per heavy atom. The van der Waals surface area contributed by atoms with Crippen molar-refractivity contribution in [3.8, 4) is 11.8 Å². The molecule has 0 saturated heterocycles. The molecule has 0 aliphatic rings. The maximum atomic E-state index is 3.15. The van der Waals surface area contributed by atoms with Gasteiger partial charge in [-0.2, -0.15) is 0 Å². The van der Waals surface area contributed by atoms with E-state index in [0.717, 1.165) is 31.4 Å². The van der Waals surface area contributed by atoms with Gasteiger partial charge < -0.3 is 0 Å². The first-order valence-electron chi connectivity index (χ1n) is 7.54. The average Bonchev–Trinajstić information content (AvgIpc) is 2.54. The van der Waals surface area contributed by atoms with Crippen LogP contribution in [0.25, 0.3) is 0 Å². The lowest BCUT2D eigenvalue weighted by Crippen LogP contribution is -1.96. The van der Waals surface area contributed by atoms with Crippen LogP contribution >= 0.6 is 11.8 Å². The topological polar surface area (TPSA) is 0 Å². The van der Waals surface area contributed by atoms with Crippen LogP contribution in [-0.4, -0.2) is 5.75 Å². The lowest BCUT2D eigenvalue weighted by Gasteiger charge is -2.09. The Kier molecular flexibility index (Phi) is 6.98. The molecule has 0 aliphatic carbocycles. The normalized spacial score (nSPS) is 9.95. The Balaban J connectivity index is 1.85. The highest BCUT2D eigenvalue weighted by molar-refractivity contribution is 7.99. The highest BCUT2D eigenvalue weighted by atomic mass is 32.2. The molecule has 0 unspecified atom stereocenters. The molecule has 0 spiro atoms. The monoisotopic (exact) mass is 294 g/mol. The van der Waals surface area contributed by atoms with Gasteiger partial charge in [-0.15, -0.1) is 23.6 Å². The van der Waals surface area contributed by atoms with Crippen molar-refractivity contribution in [2.45, 2.75) is 37.5 Å². The number of thioether (sulfide) groups is 1. The molecular formula is C20H22S. The van der Waals surface area contributed by atoms with Gasteiger partial charge >= 0.3 is 0 Å². The van der Waals surface area contributed by atoms with Gasteiger partial charge in [0.2, 0.25) is 0 Å². The molecule has 0 fully saturated rings. The van der Waals surface area contributed by atoms with Crippen LogP contribution in [0.5, 0.6) is 0 Å². The Hall–Kier alpha value is -1.65. The second kappa shape index (κ2) is 9.32. The van der Waals surface area contributed by atoms with E-state index in [-0.39, 0.29) is 0 Å². The van der Waals surface area contributed by atoms with Crippen molar-refractivity contribution < 1.29 is 0 Å². The van der Waals surface area contributed by atoms with Crippen LogP contribution in [0.2, 0.25) is 0 Å². The summed E-state index contributed by atoms with van der Waals surface area (Å²) in [6.07, 6.45) is 4.43. The van der Waals surface area contributed by atoms with E-state index < -0.39 is 0 Å². The van der Waals surface area contributed by atoms with Gasteiger partial charge in [0.1, 0.15) is 0 Å². The molecule has 0 nitrogen and oxygen atoms in total.